The monoisotopic (exact) mass is 556 g/mol. The molecule has 12 heteroatoms. The number of hydrogen-bond donors (Lipinski definition) is 4. The van der Waals surface area contributed by atoms with E-state index in [0.29, 0.717) is 99.5 Å². The van der Waals surface area contributed by atoms with Gasteiger partial charge >= 0.3 is 0 Å². The molecule has 0 spiro atoms. The van der Waals surface area contributed by atoms with E-state index in [1.165, 1.54) is 0 Å². The summed E-state index contributed by atoms with van der Waals surface area (Å²) in [7, 11) is 0. The number of nitrogens with one attached hydrogen (secondary N) is 4. The molecule has 0 amide bonds. The molecule has 0 saturated carbocycles. The average Bonchev–Trinajstić information content (AvgIpc) is 2.86. The van der Waals surface area contributed by atoms with E-state index in [4.69, 9.17) is 37.9 Å². The standard InChI is InChI=1S/C25H56N4O8.CH4/c1-5-30-14-15-31-10-6-26-22-35-19-16-32-11-7-27-23-36-20-17-33-12-8-28-24-37-21-18-34-13-9-29-25(2,3)4;/h26-29H,5-24H2,1-4H3;1H4. The van der Waals surface area contributed by atoms with Gasteiger partial charge in [-0.15, -0.1) is 0 Å². The number of ether oxygens (including phenoxy) is 8. The van der Waals surface area contributed by atoms with Gasteiger partial charge in [0.2, 0.25) is 0 Å². The maximum Gasteiger partial charge on any atom is 0.0967 e. The molecule has 0 unspecified atom stereocenters. The molecular weight excluding hydrogens is 496 g/mol. The van der Waals surface area contributed by atoms with Crippen molar-refractivity contribution >= 4 is 0 Å². The summed E-state index contributed by atoms with van der Waals surface area (Å²) in [6, 6.07) is 0. The molecule has 232 valence electrons. The van der Waals surface area contributed by atoms with Gasteiger partial charge in [0.1, 0.15) is 0 Å². The smallest absolute Gasteiger partial charge is 0.0967 e. The highest BCUT2D eigenvalue weighted by Crippen LogP contribution is 1.96. The SMILES string of the molecule is C.CCOCCOCCNCOCCOCCNCOCCOCCNCOCCOCCNC(C)(C)C. The van der Waals surface area contributed by atoms with Gasteiger partial charge < -0.3 is 43.2 Å². The van der Waals surface area contributed by atoms with Crippen molar-refractivity contribution in [3.8, 4) is 0 Å². The largest absolute Gasteiger partial charge is 0.379 e. The van der Waals surface area contributed by atoms with E-state index in [-0.39, 0.29) is 13.0 Å². The molecule has 0 aliphatic carbocycles. The molecule has 0 fully saturated rings. The van der Waals surface area contributed by atoms with Crippen LogP contribution in [-0.2, 0) is 37.9 Å². The predicted molar refractivity (Wildman–Crippen MR) is 151 cm³/mol. The summed E-state index contributed by atoms with van der Waals surface area (Å²) in [5.74, 6) is 0. The molecule has 0 saturated heterocycles. The fourth-order valence-corrected chi connectivity index (χ4v) is 2.60. The fraction of sp³-hybridized carbons (Fsp3) is 1.00. The quantitative estimate of drug-likeness (QED) is 0.0714. The Morgan fingerprint density at radius 2 is 0.737 bits per heavy atom. The van der Waals surface area contributed by atoms with Crippen molar-refractivity contribution in [1.82, 2.24) is 21.3 Å². The van der Waals surface area contributed by atoms with Crippen LogP contribution in [0.4, 0.5) is 0 Å². The normalized spacial score (nSPS) is 11.7. The highest BCUT2D eigenvalue weighted by atomic mass is 16.5. The first-order valence-electron chi connectivity index (χ1n) is 13.6. The molecule has 0 rings (SSSR count). The van der Waals surface area contributed by atoms with Gasteiger partial charge in [0.15, 0.2) is 0 Å². The van der Waals surface area contributed by atoms with Crippen molar-refractivity contribution in [3.05, 3.63) is 0 Å². The molecular formula is C26H60N4O8. The topological polar surface area (TPSA) is 122 Å². The zero-order valence-electron chi connectivity index (χ0n) is 23.9. The van der Waals surface area contributed by atoms with Gasteiger partial charge in [-0.1, -0.05) is 7.43 Å². The van der Waals surface area contributed by atoms with Crippen LogP contribution in [0.15, 0.2) is 0 Å². The van der Waals surface area contributed by atoms with Gasteiger partial charge in [0, 0.05) is 38.3 Å². The lowest BCUT2D eigenvalue weighted by molar-refractivity contribution is 0.0219. The minimum atomic E-state index is 0. The van der Waals surface area contributed by atoms with Crippen LogP contribution >= 0.6 is 0 Å². The number of rotatable bonds is 31. The second-order valence-electron chi connectivity index (χ2n) is 8.98. The van der Waals surface area contributed by atoms with E-state index in [0.717, 1.165) is 32.8 Å². The van der Waals surface area contributed by atoms with Crippen LogP contribution in [0, 0.1) is 0 Å². The van der Waals surface area contributed by atoms with E-state index >= 15 is 0 Å². The Hall–Kier alpha value is -0.480. The van der Waals surface area contributed by atoms with E-state index in [1.54, 1.807) is 0 Å². The van der Waals surface area contributed by atoms with Crippen LogP contribution < -0.4 is 21.3 Å². The molecule has 0 aromatic heterocycles. The van der Waals surface area contributed by atoms with Gasteiger partial charge in [-0.05, 0) is 27.7 Å². The highest BCUT2D eigenvalue weighted by Gasteiger charge is 2.06. The zero-order valence-corrected chi connectivity index (χ0v) is 23.9. The molecule has 0 aliphatic rings. The van der Waals surface area contributed by atoms with Gasteiger partial charge in [0.05, 0.1) is 99.5 Å². The molecule has 0 heterocycles. The zero-order chi connectivity index (χ0) is 27.1. The van der Waals surface area contributed by atoms with Crippen LogP contribution in [0.1, 0.15) is 35.1 Å². The Balaban J connectivity index is 0. The van der Waals surface area contributed by atoms with Crippen molar-refractivity contribution in [3.63, 3.8) is 0 Å². The summed E-state index contributed by atoms with van der Waals surface area (Å²) >= 11 is 0. The molecule has 0 radical (unpaired) electrons. The summed E-state index contributed by atoms with van der Waals surface area (Å²) in [5.41, 5.74) is 0.125. The third-order valence-electron chi connectivity index (χ3n) is 4.48. The van der Waals surface area contributed by atoms with Gasteiger partial charge in [-0.25, -0.2) is 0 Å². The lowest BCUT2D eigenvalue weighted by Gasteiger charge is -2.20. The first kappa shape index (κ1) is 39.7. The van der Waals surface area contributed by atoms with Gasteiger partial charge in [0.25, 0.3) is 0 Å². The Morgan fingerprint density at radius 1 is 0.421 bits per heavy atom. The molecule has 0 aliphatic heterocycles. The minimum Gasteiger partial charge on any atom is -0.379 e. The summed E-state index contributed by atoms with van der Waals surface area (Å²) in [6.07, 6.45) is 0. The summed E-state index contributed by atoms with van der Waals surface area (Å²) < 4.78 is 43.5. The number of hydrogen-bond acceptors (Lipinski definition) is 12. The van der Waals surface area contributed by atoms with Crippen molar-refractivity contribution in [2.75, 3.05) is 132 Å². The fourth-order valence-electron chi connectivity index (χ4n) is 2.60. The molecule has 0 atom stereocenters. The van der Waals surface area contributed by atoms with Gasteiger partial charge in [-0.2, -0.15) is 0 Å². The van der Waals surface area contributed by atoms with E-state index < -0.39 is 0 Å². The first-order valence-corrected chi connectivity index (χ1v) is 13.6. The van der Waals surface area contributed by atoms with Gasteiger partial charge in [-0.3, -0.25) is 16.0 Å². The van der Waals surface area contributed by atoms with Crippen LogP contribution in [0.3, 0.4) is 0 Å². The molecule has 38 heavy (non-hydrogen) atoms. The summed E-state index contributed by atoms with van der Waals surface area (Å²) in [5, 5.41) is 12.8. The maximum absolute atomic E-state index is 5.51. The van der Waals surface area contributed by atoms with E-state index in [1.807, 2.05) is 6.92 Å². The molecule has 4 N–H and O–H groups in total. The van der Waals surface area contributed by atoms with Crippen LogP contribution in [0.2, 0.25) is 0 Å². The second kappa shape index (κ2) is 32.7. The molecule has 0 aromatic carbocycles. The van der Waals surface area contributed by atoms with Crippen molar-refractivity contribution in [1.29, 1.82) is 0 Å². The van der Waals surface area contributed by atoms with Crippen LogP contribution in [0.25, 0.3) is 0 Å². The lowest BCUT2D eigenvalue weighted by atomic mass is 10.1. The Morgan fingerprint density at radius 3 is 1.08 bits per heavy atom. The Kier molecular flexibility index (Phi) is 34.2. The lowest BCUT2D eigenvalue weighted by Crippen LogP contribution is -2.38. The van der Waals surface area contributed by atoms with Crippen LogP contribution in [0.5, 0.6) is 0 Å². The average molecular weight is 557 g/mol. The Labute approximate surface area is 232 Å². The van der Waals surface area contributed by atoms with Crippen molar-refractivity contribution in [2.24, 2.45) is 0 Å². The van der Waals surface area contributed by atoms with Crippen molar-refractivity contribution in [2.45, 2.75) is 40.7 Å². The van der Waals surface area contributed by atoms with E-state index in [2.05, 4.69) is 42.0 Å². The minimum absolute atomic E-state index is 0. The first-order chi connectivity index (χ1) is 18.1. The molecule has 0 aromatic rings. The predicted octanol–water partition coefficient (Wildman–Crippen LogP) is 0.805. The summed E-state index contributed by atoms with van der Waals surface area (Å²) in [6.45, 7) is 20.8. The molecule has 12 nitrogen and oxygen atoms in total. The third-order valence-corrected chi connectivity index (χ3v) is 4.48. The van der Waals surface area contributed by atoms with E-state index in [9.17, 15) is 0 Å². The van der Waals surface area contributed by atoms with Crippen LogP contribution in [-0.4, -0.2) is 138 Å². The molecule has 0 bridgehead atoms. The highest BCUT2D eigenvalue weighted by molar-refractivity contribution is 4.69. The third kappa shape index (κ3) is 37.7. The summed E-state index contributed by atoms with van der Waals surface area (Å²) in [4.78, 5) is 0. The Bertz CT molecular complexity index is 435. The second-order valence-corrected chi connectivity index (χ2v) is 8.98. The van der Waals surface area contributed by atoms with Crippen molar-refractivity contribution < 1.29 is 37.9 Å². The maximum atomic E-state index is 5.51.